The normalized spacial score (nSPS) is 12.9. The first-order chi connectivity index (χ1) is 13.5. The first-order valence-corrected chi connectivity index (χ1v) is 9.06. The number of carboxylic acids is 1. The molecule has 7 heteroatoms. The zero-order valence-electron chi connectivity index (χ0n) is 15.7. The van der Waals surface area contributed by atoms with Gasteiger partial charge in [-0.1, -0.05) is 12.1 Å². The van der Waals surface area contributed by atoms with E-state index in [0.717, 1.165) is 10.5 Å². The van der Waals surface area contributed by atoms with E-state index in [1.54, 1.807) is 6.07 Å². The molecule has 2 aromatic carbocycles. The molecule has 146 valence electrons. The van der Waals surface area contributed by atoms with Crippen LogP contribution in [0.2, 0.25) is 0 Å². The predicted octanol–water partition coefficient (Wildman–Crippen LogP) is 1.69. The monoisotopic (exact) mass is 382 g/mol. The molecule has 7 nitrogen and oxygen atoms in total. The van der Waals surface area contributed by atoms with Crippen molar-refractivity contribution in [1.82, 2.24) is 4.90 Å². The molecule has 28 heavy (non-hydrogen) atoms. The number of rotatable bonds is 8. The van der Waals surface area contributed by atoms with Crippen molar-refractivity contribution >= 4 is 17.8 Å². The Kier molecular flexibility index (Phi) is 5.63. The van der Waals surface area contributed by atoms with Crippen LogP contribution in [0.15, 0.2) is 36.4 Å². The predicted molar refractivity (Wildman–Crippen MR) is 98.6 cm³/mol. The van der Waals surface area contributed by atoms with Crippen molar-refractivity contribution in [2.75, 3.05) is 19.8 Å². The van der Waals surface area contributed by atoms with Crippen LogP contribution in [0.4, 0.5) is 0 Å². The summed E-state index contributed by atoms with van der Waals surface area (Å²) in [6.07, 6.45) is 0.436. The van der Waals surface area contributed by atoms with Gasteiger partial charge in [0.1, 0.15) is 0 Å². The number of hydrogen-bond acceptors (Lipinski definition) is 6. The Morgan fingerprint density at radius 3 is 2.29 bits per heavy atom. The number of carboxylic acid groups (broad SMARTS) is 1. The summed E-state index contributed by atoms with van der Waals surface area (Å²) in [6, 6.07) is 9.31. The SMILES string of the molecule is CCOc1ccc(CCN2C(=O)c3ccc(C(=O)[O-])cc3C2=O)cc1OCC. The summed E-state index contributed by atoms with van der Waals surface area (Å²) in [5.74, 6) is -1.06. The van der Waals surface area contributed by atoms with E-state index in [4.69, 9.17) is 9.47 Å². The number of carbonyl (C=O) groups is 3. The van der Waals surface area contributed by atoms with E-state index < -0.39 is 17.8 Å². The average Bonchev–Trinajstić information content (AvgIpc) is 2.92. The van der Waals surface area contributed by atoms with Crippen molar-refractivity contribution < 1.29 is 29.0 Å². The van der Waals surface area contributed by atoms with Crippen LogP contribution in [-0.2, 0) is 6.42 Å². The van der Waals surface area contributed by atoms with Crippen LogP contribution in [0.3, 0.4) is 0 Å². The lowest BCUT2D eigenvalue weighted by atomic mass is 10.1. The number of amides is 2. The number of ether oxygens (including phenoxy) is 2. The molecule has 0 saturated heterocycles. The first kappa shape index (κ1) is 19.4. The molecule has 3 rings (SSSR count). The quantitative estimate of drug-likeness (QED) is 0.645. The summed E-state index contributed by atoms with van der Waals surface area (Å²) < 4.78 is 11.1. The third-order valence-electron chi connectivity index (χ3n) is 4.44. The van der Waals surface area contributed by atoms with Crippen LogP contribution in [0.1, 0.15) is 50.5 Å². The Morgan fingerprint density at radius 2 is 1.61 bits per heavy atom. The second kappa shape index (κ2) is 8.12. The molecule has 0 N–H and O–H groups in total. The highest BCUT2D eigenvalue weighted by atomic mass is 16.5. The lowest BCUT2D eigenvalue weighted by Gasteiger charge is -2.15. The molecule has 0 saturated carbocycles. The molecule has 0 aliphatic carbocycles. The van der Waals surface area contributed by atoms with Gasteiger partial charge in [0.2, 0.25) is 0 Å². The number of imide groups is 1. The van der Waals surface area contributed by atoms with E-state index in [9.17, 15) is 19.5 Å². The summed E-state index contributed by atoms with van der Waals surface area (Å²) in [7, 11) is 0. The maximum absolute atomic E-state index is 12.6. The molecule has 1 heterocycles. The number of benzene rings is 2. The van der Waals surface area contributed by atoms with Crippen LogP contribution in [0, 0.1) is 0 Å². The van der Waals surface area contributed by atoms with Crippen molar-refractivity contribution in [3.05, 3.63) is 58.7 Å². The van der Waals surface area contributed by atoms with Crippen molar-refractivity contribution in [2.45, 2.75) is 20.3 Å². The van der Waals surface area contributed by atoms with Gasteiger partial charge in [-0.25, -0.2) is 0 Å². The molecule has 1 aliphatic heterocycles. The second-order valence-corrected chi connectivity index (χ2v) is 6.21. The van der Waals surface area contributed by atoms with E-state index in [1.807, 2.05) is 26.0 Å². The largest absolute Gasteiger partial charge is 0.545 e. The van der Waals surface area contributed by atoms with E-state index in [1.165, 1.54) is 18.2 Å². The Hall–Kier alpha value is -3.35. The van der Waals surface area contributed by atoms with E-state index in [0.29, 0.717) is 31.1 Å². The minimum absolute atomic E-state index is 0.0911. The zero-order chi connectivity index (χ0) is 20.3. The number of hydrogen-bond donors (Lipinski definition) is 0. The Balaban J connectivity index is 1.76. The average molecular weight is 382 g/mol. The van der Waals surface area contributed by atoms with Gasteiger partial charge in [-0.15, -0.1) is 0 Å². The molecule has 2 amide bonds. The van der Waals surface area contributed by atoms with Crippen molar-refractivity contribution in [1.29, 1.82) is 0 Å². The van der Waals surface area contributed by atoms with Gasteiger partial charge in [-0.2, -0.15) is 0 Å². The summed E-state index contributed by atoms with van der Waals surface area (Å²) >= 11 is 0. The van der Waals surface area contributed by atoms with Gasteiger partial charge >= 0.3 is 0 Å². The summed E-state index contributed by atoms with van der Waals surface area (Å²) in [5, 5.41) is 11.0. The van der Waals surface area contributed by atoms with Crippen LogP contribution in [0.5, 0.6) is 11.5 Å². The third kappa shape index (κ3) is 3.69. The molecule has 0 aromatic heterocycles. The van der Waals surface area contributed by atoms with Crippen LogP contribution < -0.4 is 14.6 Å². The first-order valence-electron chi connectivity index (χ1n) is 9.06. The highest BCUT2D eigenvalue weighted by Gasteiger charge is 2.35. The van der Waals surface area contributed by atoms with Crippen molar-refractivity contribution in [3.63, 3.8) is 0 Å². The standard InChI is InChI=1S/C21H21NO6/c1-3-27-17-8-5-13(11-18(17)28-4-2)9-10-22-19(23)15-7-6-14(21(25)26)12-16(15)20(22)24/h5-8,11-12H,3-4,9-10H2,1-2H3,(H,25,26)/p-1. The number of carbonyl (C=O) groups excluding carboxylic acids is 3. The van der Waals surface area contributed by atoms with Crippen LogP contribution >= 0.6 is 0 Å². The lowest BCUT2D eigenvalue weighted by molar-refractivity contribution is -0.255. The molecule has 1 aliphatic rings. The highest BCUT2D eigenvalue weighted by Crippen LogP contribution is 2.29. The molecule has 0 atom stereocenters. The van der Waals surface area contributed by atoms with E-state index in [-0.39, 0.29) is 23.2 Å². The van der Waals surface area contributed by atoms with Crippen LogP contribution in [0.25, 0.3) is 0 Å². The number of aromatic carboxylic acids is 1. The van der Waals surface area contributed by atoms with Gasteiger partial charge in [0, 0.05) is 6.54 Å². The lowest BCUT2D eigenvalue weighted by Crippen LogP contribution is -2.31. The van der Waals surface area contributed by atoms with Gasteiger partial charge in [-0.05, 0) is 55.7 Å². The number of nitrogens with zero attached hydrogens (tertiary/aromatic N) is 1. The molecular formula is C21H20NO6-. The molecular weight excluding hydrogens is 362 g/mol. The zero-order valence-corrected chi connectivity index (χ0v) is 15.7. The Bertz CT molecular complexity index is 936. The second-order valence-electron chi connectivity index (χ2n) is 6.21. The fourth-order valence-corrected chi connectivity index (χ4v) is 3.11. The topological polar surface area (TPSA) is 96.0 Å². The summed E-state index contributed by atoms with van der Waals surface area (Å²) in [6.45, 7) is 4.94. The minimum Gasteiger partial charge on any atom is -0.545 e. The van der Waals surface area contributed by atoms with E-state index >= 15 is 0 Å². The van der Waals surface area contributed by atoms with Gasteiger partial charge in [0.15, 0.2) is 11.5 Å². The third-order valence-corrected chi connectivity index (χ3v) is 4.44. The van der Waals surface area contributed by atoms with E-state index in [2.05, 4.69) is 0 Å². The molecule has 0 radical (unpaired) electrons. The summed E-state index contributed by atoms with van der Waals surface area (Å²) in [5.41, 5.74) is 1.05. The maximum atomic E-state index is 12.6. The Morgan fingerprint density at radius 1 is 0.929 bits per heavy atom. The minimum atomic E-state index is -1.39. The Labute approximate surface area is 162 Å². The van der Waals surface area contributed by atoms with Gasteiger partial charge in [0.25, 0.3) is 11.8 Å². The molecule has 0 bridgehead atoms. The molecule has 0 spiro atoms. The molecule has 0 unspecified atom stereocenters. The molecule has 2 aromatic rings. The van der Waals surface area contributed by atoms with Gasteiger partial charge < -0.3 is 19.4 Å². The fraction of sp³-hybridized carbons (Fsp3) is 0.286. The van der Waals surface area contributed by atoms with Gasteiger partial charge in [-0.3, -0.25) is 14.5 Å². The highest BCUT2D eigenvalue weighted by molar-refractivity contribution is 6.21. The van der Waals surface area contributed by atoms with Gasteiger partial charge in [0.05, 0.1) is 30.3 Å². The van der Waals surface area contributed by atoms with Crippen molar-refractivity contribution in [2.24, 2.45) is 0 Å². The maximum Gasteiger partial charge on any atom is 0.261 e. The van der Waals surface area contributed by atoms with Crippen LogP contribution in [-0.4, -0.2) is 42.4 Å². The molecule has 0 fully saturated rings. The van der Waals surface area contributed by atoms with Crippen molar-refractivity contribution in [3.8, 4) is 11.5 Å². The number of fused-ring (bicyclic) bond motifs is 1. The summed E-state index contributed by atoms with van der Waals surface area (Å²) in [4.78, 5) is 37.2. The smallest absolute Gasteiger partial charge is 0.261 e. The fourth-order valence-electron chi connectivity index (χ4n) is 3.11.